The molecular weight excluding hydrogens is 233 g/mol. The van der Waals surface area contributed by atoms with E-state index in [4.69, 9.17) is 11.6 Å². The molecule has 0 aliphatic rings. The Hall–Kier alpha value is -1.23. The van der Waals surface area contributed by atoms with E-state index in [1.54, 1.807) is 0 Å². The van der Waals surface area contributed by atoms with Crippen molar-refractivity contribution in [2.45, 2.75) is 13.3 Å². The Kier molecular flexibility index (Phi) is 3.24. The highest BCUT2D eigenvalue weighted by atomic mass is 35.5. The van der Waals surface area contributed by atoms with Crippen molar-refractivity contribution in [2.75, 3.05) is 0 Å². The third-order valence-corrected chi connectivity index (χ3v) is 1.85. The molecule has 0 fully saturated rings. The molecule has 0 bridgehead atoms. The molecule has 0 heterocycles. The van der Waals surface area contributed by atoms with Crippen LogP contribution in [0.15, 0.2) is 18.2 Å². The number of rotatable bonds is 2. The van der Waals surface area contributed by atoms with Gasteiger partial charge < -0.3 is 4.74 Å². The van der Waals surface area contributed by atoms with Crippen molar-refractivity contribution in [3.8, 4) is 5.75 Å². The lowest BCUT2D eigenvalue weighted by molar-refractivity contribution is -0.274. The van der Waals surface area contributed by atoms with Gasteiger partial charge >= 0.3 is 6.36 Å². The van der Waals surface area contributed by atoms with Gasteiger partial charge in [-0.05, 0) is 30.2 Å². The van der Waals surface area contributed by atoms with E-state index >= 15 is 0 Å². The summed E-state index contributed by atoms with van der Waals surface area (Å²) in [7, 11) is 0. The van der Waals surface area contributed by atoms with Gasteiger partial charge in [-0.15, -0.1) is 13.2 Å². The summed E-state index contributed by atoms with van der Waals surface area (Å²) < 4.78 is 39.5. The molecule has 0 spiro atoms. The van der Waals surface area contributed by atoms with Crippen molar-refractivity contribution in [3.05, 3.63) is 29.3 Å². The second-order valence-corrected chi connectivity index (χ2v) is 3.11. The van der Waals surface area contributed by atoms with Gasteiger partial charge in [0.25, 0.3) is 5.24 Å². The number of hydrogen-bond acceptors (Lipinski definition) is 2. The summed E-state index contributed by atoms with van der Waals surface area (Å²) in [5, 5.41) is -0.979. The summed E-state index contributed by atoms with van der Waals surface area (Å²) in [5.41, 5.74) is 0.0632. The van der Waals surface area contributed by atoms with Crippen LogP contribution in [0.3, 0.4) is 0 Å². The van der Waals surface area contributed by atoms with E-state index in [1.807, 2.05) is 0 Å². The third-order valence-electron chi connectivity index (χ3n) is 1.66. The van der Waals surface area contributed by atoms with Gasteiger partial charge in [0, 0.05) is 0 Å². The quantitative estimate of drug-likeness (QED) is 0.739. The molecule has 2 nitrogen and oxygen atoms in total. The molecule has 0 N–H and O–H groups in total. The van der Waals surface area contributed by atoms with Crippen LogP contribution in [0.1, 0.15) is 15.9 Å². The highest BCUT2D eigenvalue weighted by molar-refractivity contribution is 6.68. The smallest absolute Gasteiger partial charge is 0.405 e. The number of hydrogen-bond donors (Lipinski definition) is 0. The fourth-order valence-corrected chi connectivity index (χ4v) is 1.34. The molecule has 0 aliphatic heterocycles. The van der Waals surface area contributed by atoms with Crippen molar-refractivity contribution in [1.29, 1.82) is 0 Å². The maximum atomic E-state index is 11.9. The summed E-state index contributed by atoms with van der Waals surface area (Å²) in [6.45, 7) is 1.47. The van der Waals surface area contributed by atoms with Gasteiger partial charge in [-0.25, -0.2) is 0 Å². The Bertz CT molecular complexity index is 387. The Morgan fingerprint density at radius 1 is 1.40 bits per heavy atom. The van der Waals surface area contributed by atoms with E-state index < -0.39 is 17.4 Å². The Balaban J connectivity index is 3.18. The maximum absolute atomic E-state index is 11.9. The van der Waals surface area contributed by atoms with E-state index in [2.05, 4.69) is 4.74 Å². The molecule has 0 saturated heterocycles. The highest BCUT2D eigenvalue weighted by Crippen LogP contribution is 2.29. The van der Waals surface area contributed by atoms with Crippen LogP contribution in [0.2, 0.25) is 0 Å². The maximum Gasteiger partial charge on any atom is 0.573 e. The van der Waals surface area contributed by atoms with E-state index in [0.29, 0.717) is 5.56 Å². The largest absolute Gasteiger partial charge is 0.573 e. The first-order chi connectivity index (χ1) is 6.81. The zero-order chi connectivity index (χ0) is 11.6. The SMILES string of the molecule is Cc1cccc(OC(F)(F)F)c1C(=O)Cl. The molecule has 0 radical (unpaired) electrons. The summed E-state index contributed by atoms with van der Waals surface area (Å²) >= 11 is 5.16. The minimum Gasteiger partial charge on any atom is -0.405 e. The van der Waals surface area contributed by atoms with Gasteiger partial charge in [-0.2, -0.15) is 0 Å². The molecule has 15 heavy (non-hydrogen) atoms. The van der Waals surface area contributed by atoms with Gasteiger partial charge in [-0.3, -0.25) is 4.79 Å². The van der Waals surface area contributed by atoms with Crippen LogP contribution in [0.4, 0.5) is 13.2 Å². The van der Waals surface area contributed by atoms with Crippen LogP contribution in [-0.2, 0) is 0 Å². The summed E-state index contributed by atoms with van der Waals surface area (Å²) in [4.78, 5) is 10.9. The van der Waals surface area contributed by atoms with Crippen LogP contribution in [-0.4, -0.2) is 11.6 Å². The first kappa shape index (κ1) is 11.8. The molecule has 1 rings (SSSR count). The van der Waals surface area contributed by atoms with Crippen molar-refractivity contribution >= 4 is 16.8 Å². The first-order valence-electron chi connectivity index (χ1n) is 3.86. The topological polar surface area (TPSA) is 26.3 Å². The standard InChI is InChI=1S/C9H6ClF3O2/c1-5-3-2-4-6(7(5)8(10)14)15-9(11,12)13/h2-4H,1H3. The van der Waals surface area contributed by atoms with Crippen molar-refractivity contribution in [1.82, 2.24) is 0 Å². The average Bonchev–Trinajstić information content (AvgIpc) is 1.99. The molecule has 0 amide bonds. The monoisotopic (exact) mass is 238 g/mol. The zero-order valence-corrected chi connectivity index (χ0v) is 8.32. The average molecular weight is 239 g/mol. The fraction of sp³-hybridized carbons (Fsp3) is 0.222. The Morgan fingerprint density at radius 3 is 2.47 bits per heavy atom. The predicted molar refractivity (Wildman–Crippen MR) is 48.0 cm³/mol. The Labute approximate surface area is 88.6 Å². The number of benzene rings is 1. The van der Waals surface area contributed by atoms with Crippen molar-refractivity contribution in [2.24, 2.45) is 0 Å². The summed E-state index contributed by atoms with van der Waals surface area (Å²) in [6.07, 6.45) is -4.84. The molecule has 0 saturated carbocycles. The number of alkyl halides is 3. The number of carbonyl (C=O) groups excluding carboxylic acids is 1. The number of ether oxygens (including phenoxy) is 1. The molecular formula is C9H6ClF3O2. The number of carbonyl (C=O) groups is 1. The van der Waals surface area contributed by atoms with Crippen LogP contribution in [0, 0.1) is 6.92 Å². The molecule has 0 unspecified atom stereocenters. The first-order valence-corrected chi connectivity index (χ1v) is 4.24. The zero-order valence-electron chi connectivity index (χ0n) is 7.56. The number of halogens is 4. The third kappa shape index (κ3) is 3.13. The number of aryl methyl sites for hydroxylation is 1. The van der Waals surface area contributed by atoms with Crippen molar-refractivity contribution in [3.63, 3.8) is 0 Å². The van der Waals surface area contributed by atoms with E-state index in [9.17, 15) is 18.0 Å². The molecule has 1 aromatic carbocycles. The second kappa shape index (κ2) is 4.10. The summed E-state index contributed by atoms with van der Waals surface area (Å²) in [6, 6.07) is 3.86. The Morgan fingerprint density at radius 2 is 2.00 bits per heavy atom. The van der Waals surface area contributed by atoms with E-state index in [1.165, 1.54) is 19.1 Å². The molecule has 1 aromatic rings. The predicted octanol–water partition coefficient (Wildman–Crippen LogP) is 3.27. The van der Waals surface area contributed by atoms with Crippen molar-refractivity contribution < 1.29 is 22.7 Å². The fourth-order valence-electron chi connectivity index (χ4n) is 1.10. The lowest BCUT2D eigenvalue weighted by Gasteiger charge is -2.12. The highest BCUT2D eigenvalue weighted by Gasteiger charge is 2.33. The minimum atomic E-state index is -4.84. The minimum absolute atomic E-state index is 0.267. The lowest BCUT2D eigenvalue weighted by Crippen LogP contribution is -2.18. The van der Waals surface area contributed by atoms with E-state index in [0.717, 1.165) is 6.07 Å². The van der Waals surface area contributed by atoms with Crippen LogP contribution in [0.5, 0.6) is 5.75 Å². The molecule has 6 heteroatoms. The van der Waals surface area contributed by atoms with Gasteiger partial charge in [0.15, 0.2) is 0 Å². The normalized spacial score (nSPS) is 11.3. The molecule has 82 valence electrons. The van der Waals surface area contributed by atoms with E-state index in [-0.39, 0.29) is 5.56 Å². The lowest BCUT2D eigenvalue weighted by atomic mass is 10.1. The second-order valence-electron chi connectivity index (χ2n) is 2.77. The van der Waals surface area contributed by atoms with Crippen LogP contribution >= 0.6 is 11.6 Å². The van der Waals surface area contributed by atoms with Gasteiger partial charge in [0.1, 0.15) is 5.75 Å². The van der Waals surface area contributed by atoms with Crippen LogP contribution in [0.25, 0.3) is 0 Å². The van der Waals surface area contributed by atoms with Gasteiger partial charge in [0.2, 0.25) is 0 Å². The van der Waals surface area contributed by atoms with Gasteiger partial charge in [-0.1, -0.05) is 12.1 Å². The van der Waals surface area contributed by atoms with Gasteiger partial charge in [0.05, 0.1) is 5.56 Å². The molecule has 0 aromatic heterocycles. The van der Waals surface area contributed by atoms with Crippen LogP contribution < -0.4 is 4.74 Å². The molecule has 0 atom stereocenters. The molecule has 0 aliphatic carbocycles. The summed E-state index contributed by atoms with van der Waals surface area (Å²) in [5.74, 6) is -0.581.